The number of rotatable bonds is 6. The molecule has 0 saturated carbocycles. The second kappa shape index (κ2) is 8.73. The van der Waals surface area contributed by atoms with Crippen LogP contribution in [-0.4, -0.2) is 24.2 Å². The molecule has 0 bridgehead atoms. The predicted molar refractivity (Wildman–Crippen MR) is 98.7 cm³/mol. The number of nitrogens with zero attached hydrogens (tertiary/aromatic N) is 2. The maximum atomic E-state index is 6.19. The first-order chi connectivity index (χ1) is 11.5. The van der Waals surface area contributed by atoms with Crippen molar-refractivity contribution in [1.82, 2.24) is 15.8 Å². The van der Waals surface area contributed by atoms with Gasteiger partial charge < -0.3 is 15.2 Å². The van der Waals surface area contributed by atoms with Gasteiger partial charge in [0.2, 0.25) is 0 Å². The minimum atomic E-state index is 0.278. The molecule has 0 aliphatic heterocycles. The van der Waals surface area contributed by atoms with Gasteiger partial charge in [0, 0.05) is 29.6 Å². The number of aryl methyl sites for hydroxylation is 2. The highest BCUT2D eigenvalue weighted by Gasteiger charge is 2.16. The van der Waals surface area contributed by atoms with Gasteiger partial charge >= 0.3 is 0 Å². The van der Waals surface area contributed by atoms with Gasteiger partial charge in [0.15, 0.2) is 5.96 Å². The molecule has 1 aromatic heterocycles. The van der Waals surface area contributed by atoms with E-state index < -0.39 is 0 Å². The van der Waals surface area contributed by atoms with Gasteiger partial charge in [-0.25, -0.2) is 4.99 Å². The molecule has 1 aromatic carbocycles. The average molecular weight is 349 g/mol. The number of aromatic nitrogens is 1. The van der Waals surface area contributed by atoms with Crippen LogP contribution < -0.4 is 10.6 Å². The molecule has 130 valence electrons. The van der Waals surface area contributed by atoms with Crippen LogP contribution in [0.4, 0.5) is 0 Å². The van der Waals surface area contributed by atoms with Crippen molar-refractivity contribution < 1.29 is 4.52 Å². The van der Waals surface area contributed by atoms with Gasteiger partial charge in [-0.1, -0.05) is 41.9 Å². The first kappa shape index (κ1) is 18.3. The molecule has 0 saturated heterocycles. The number of halogens is 1. The SMILES string of the molecule is CCNC(=NCc1ccccc1Cl)NCC(C)c1c(C)noc1C. The average Bonchev–Trinajstić information content (AvgIpc) is 2.90. The van der Waals surface area contributed by atoms with Crippen molar-refractivity contribution in [3.63, 3.8) is 0 Å². The molecular formula is C18H25ClN4O. The molecule has 0 fully saturated rings. The number of nitrogens with one attached hydrogen (secondary N) is 2. The third kappa shape index (κ3) is 4.74. The van der Waals surface area contributed by atoms with Crippen LogP contribution in [0, 0.1) is 13.8 Å². The van der Waals surface area contributed by atoms with Crippen LogP contribution in [0.2, 0.25) is 5.02 Å². The molecule has 0 amide bonds. The van der Waals surface area contributed by atoms with Crippen LogP contribution >= 0.6 is 11.6 Å². The second-order valence-corrected chi connectivity index (χ2v) is 6.21. The van der Waals surface area contributed by atoms with Crippen molar-refractivity contribution in [2.45, 2.75) is 40.2 Å². The van der Waals surface area contributed by atoms with Crippen molar-refractivity contribution in [2.75, 3.05) is 13.1 Å². The summed E-state index contributed by atoms with van der Waals surface area (Å²) < 4.78 is 5.25. The lowest BCUT2D eigenvalue weighted by molar-refractivity contribution is 0.391. The van der Waals surface area contributed by atoms with E-state index in [1.165, 1.54) is 0 Å². The molecular weight excluding hydrogens is 324 g/mol. The number of hydrogen-bond acceptors (Lipinski definition) is 3. The minimum Gasteiger partial charge on any atom is -0.361 e. The van der Waals surface area contributed by atoms with Gasteiger partial charge in [0.1, 0.15) is 5.76 Å². The van der Waals surface area contributed by atoms with E-state index in [1.807, 2.05) is 45.0 Å². The maximum Gasteiger partial charge on any atom is 0.191 e. The zero-order valence-corrected chi connectivity index (χ0v) is 15.4. The minimum absolute atomic E-state index is 0.278. The van der Waals surface area contributed by atoms with E-state index in [1.54, 1.807) is 0 Å². The van der Waals surface area contributed by atoms with Crippen molar-refractivity contribution in [3.05, 3.63) is 51.9 Å². The van der Waals surface area contributed by atoms with Gasteiger partial charge in [-0.15, -0.1) is 0 Å². The van der Waals surface area contributed by atoms with Crippen LogP contribution in [0.1, 0.15) is 42.3 Å². The maximum absolute atomic E-state index is 6.19. The van der Waals surface area contributed by atoms with Crippen LogP contribution in [0.5, 0.6) is 0 Å². The van der Waals surface area contributed by atoms with Gasteiger partial charge in [-0.05, 0) is 32.4 Å². The summed E-state index contributed by atoms with van der Waals surface area (Å²) in [5.41, 5.74) is 3.11. The smallest absolute Gasteiger partial charge is 0.191 e. The molecule has 2 aromatic rings. The Morgan fingerprint density at radius 1 is 1.29 bits per heavy atom. The fraction of sp³-hybridized carbons (Fsp3) is 0.444. The Morgan fingerprint density at radius 2 is 2.04 bits per heavy atom. The normalized spacial score (nSPS) is 13.0. The Bertz CT molecular complexity index is 677. The van der Waals surface area contributed by atoms with E-state index in [4.69, 9.17) is 16.1 Å². The summed E-state index contributed by atoms with van der Waals surface area (Å²) in [6.07, 6.45) is 0. The fourth-order valence-corrected chi connectivity index (χ4v) is 2.87. The van der Waals surface area contributed by atoms with Gasteiger partial charge in [-0.3, -0.25) is 0 Å². The van der Waals surface area contributed by atoms with E-state index in [9.17, 15) is 0 Å². The van der Waals surface area contributed by atoms with Crippen molar-refractivity contribution in [3.8, 4) is 0 Å². The summed E-state index contributed by atoms with van der Waals surface area (Å²) >= 11 is 6.19. The number of hydrogen-bond donors (Lipinski definition) is 2. The Labute approximate surface area is 148 Å². The van der Waals surface area contributed by atoms with Gasteiger partial charge in [0.25, 0.3) is 0 Å². The topological polar surface area (TPSA) is 62.5 Å². The zero-order chi connectivity index (χ0) is 17.5. The van der Waals surface area contributed by atoms with Crippen molar-refractivity contribution in [1.29, 1.82) is 0 Å². The van der Waals surface area contributed by atoms with E-state index in [2.05, 4.69) is 27.7 Å². The molecule has 5 nitrogen and oxygen atoms in total. The molecule has 2 N–H and O–H groups in total. The third-order valence-electron chi connectivity index (χ3n) is 3.87. The first-order valence-corrected chi connectivity index (χ1v) is 8.59. The third-order valence-corrected chi connectivity index (χ3v) is 4.24. The lowest BCUT2D eigenvalue weighted by Crippen LogP contribution is -2.39. The monoisotopic (exact) mass is 348 g/mol. The molecule has 0 aliphatic carbocycles. The standard InChI is InChI=1S/C18H25ClN4O/c1-5-20-18(22-11-15-8-6-7-9-16(15)19)21-10-12(2)17-13(3)23-24-14(17)4/h6-9,12H,5,10-11H2,1-4H3,(H2,20,21,22). The molecule has 0 aliphatic rings. The predicted octanol–water partition coefficient (Wildman–Crippen LogP) is 3.80. The highest BCUT2D eigenvalue weighted by molar-refractivity contribution is 6.31. The van der Waals surface area contributed by atoms with E-state index in [0.29, 0.717) is 6.54 Å². The van der Waals surface area contributed by atoms with Gasteiger partial charge in [-0.2, -0.15) is 0 Å². The van der Waals surface area contributed by atoms with Crippen molar-refractivity contribution >= 4 is 17.6 Å². The summed E-state index contributed by atoms with van der Waals surface area (Å²) in [7, 11) is 0. The van der Waals surface area contributed by atoms with E-state index in [0.717, 1.165) is 46.7 Å². The molecule has 6 heteroatoms. The Kier molecular flexibility index (Phi) is 6.67. The molecule has 1 unspecified atom stereocenters. The van der Waals surface area contributed by atoms with Crippen LogP contribution in [-0.2, 0) is 6.54 Å². The quantitative estimate of drug-likeness (QED) is 0.615. The summed E-state index contributed by atoms with van der Waals surface area (Å²) in [6.45, 7) is 10.2. The van der Waals surface area contributed by atoms with Crippen LogP contribution in [0.25, 0.3) is 0 Å². The van der Waals surface area contributed by atoms with E-state index in [-0.39, 0.29) is 5.92 Å². The Hall–Kier alpha value is -2.01. The zero-order valence-electron chi connectivity index (χ0n) is 14.7. The Balaban J connectivity index is 2.00. The molecule has 0 spiro atoms. The molecule has 2 rings (SSSR count). The summed E-state index contributed by atoms with van der Waals surface area (Å²) in [4.78, 5) is 4.61. The van der Waals surface area contributed by atoms with Crippen LogP contribution in [0.3, 0.4) is 0 Å². The highest BCUT2D eigenvalue weighted by Crippen LogP contribution is 2.22. The highest BCUT2D eigenvalue weighted by atomic mass is 35.5. The number of benzene rings is 1. The fourth-order valence-electron chi connectivity index (χ4n) is 2.68. The lowest BCUT2D eigenvalue weighted by atomic mass is 10.00. The Morgan fingerprint density at radius 3 is 2.67 bits per heavy atom. The lowest BCUT2D eigenvalue weighted by Gasteiger charge is -2.16. The summed E-state index contributed by atoms with van der Waals surface area (Å²) in [5, 5.41) is 11.4. The number of aliphatic imine (C=N–C) groups is 1. The summed E-state index contributed by atoms with van der Waals surface area (Å²) in [5.74, 6) is 1.93. The molecule has 1 atom stereocenters. The second-order valence-electron chi connectivity index (χ2n) is 5.81. The van der Waals surface area contributed by atoms with Crippen molar-refractivity contribution in [2.24, 2.45) is 4.99 Å². The van der Waals surface area contributed by atoms with Crippen LogP contribution in [0.15, 0.2) is 33.8 Å². The number of guanidine groups is 1. The summed E-state index contributed by atoms with van der Waals surface area (Å²) in [6, 6.07) is 7.76. The largest absolute Gasteiger partial charge is 0.361 e. The van der Waals surface area contributed by atoms with E-state index >= 15 is 0 Å². The molecule has 1 heterocycles. The van der Waals surface area contributed by atoms with Gasteiger partial charge in [0.05, 0.1) is 12.2 Å². The molecule has 0 radical (unpaired) electrons. The first-order valence-electron chi connectivity index (χ1n) is 8.21. The molecule has 24 heavy (non-hydrogen) atoms.